The number of ether oxygens (including phenoxy) is 1. The Hall–Kier alpha value is -0.570. The number of carboxylic acid groups (broad SMARTS) is 1. The molecule has 0 aromatic carbocycles. The predicted octanol–water partition coefficient (Wildman–Crippen LogP) is 2.14. The Labute approximate surface area is 105 Å². The summed E-state index contributed by atoms with van der Waals surface area (Å²) in [5.74, 6) is -0.314. The van der Waals surface area contributed by atoms with Gasteiger partial charge in [0, 0.05) is 12.6 Å². The Kier molecular flexibility index (Phi) is 4.59. The molecule has 0 amide bonds. The molecule has 100 valence electrons. The average Bonchev–Trinajstić information content (AvgIpc) is 2.12. The first kappa shape index (κ1) is 14.5. The Morgan fingerprint density at radius 1 is 1.41 bits per heavy atom. The van der Waals surface area contributed by atoms with Gasteiger partial charge in [0.05, 0.1) is 5.60 Å². The topological polar surface area (TPSA) is 49.4 Å². The van der Waals surface area contributed by atoms with Crippen molar-refractivity contribution in [3.63, 3.8) is 0 Å². The number of aliphatic carboxylic acids is 1. The Balaban J connectivity index is 2.74. The second-order valence-corrected chi connectivity index (χ2v) is 6.52. The first-order valence-electron chi connectivity index (χ1n) is 6.59. The molecule has 0 aromatic rings. The lowest BCUT2D eigenvalue weighted by Gasteiger charge is -2.45. The lowest BCUT2D eigenvalue weighted by molar-refractivity contribution is -0.309. The van der Waals surface area contributed by atoms with E-state index in [1.54, 1.807) is 0 Å². The summed E-state index contributed by atoms with van der Waals surface area (Å²) in [4.78, 5) is 11.0. The van der Waals surface area contributed by atoms with Crippen LogP contribution in [0.5, 0.6) is 0 Å². The monoisotopic (exact) mass is 241 g/mol. The highest BCUT2D eigenvalue weighted by molar-refractivity contribution is 5.65. The van der Waals surface area contributed by atoms with Crippen LogP contribution in [0.1, 0.15) is 59.8 Å². The van der Waals surface area contributed by atoms with Crippen LogP contribution in [0.2, 0.25) is 0 Å². The van der Waals surface area contributed by atoms with Crippen molar-refractivity contribution < 1.29 is 14.6 Å². The van der Waals surface area contributed by atoms with Crippen LogP contribution in [0.15, 0.2) is 0 Å². The Bertz CT molecular complexity index is 271. The van der Waals surface area contributed by atoms with E-state index >= 15 is 0 Å². The predicted molar refractivity (Wildman–Crippen MR) is 65.4 cm³/mol. The fraction of sp³-hybridized carbons (Fsp3) is 0.929. The summed E-state index contributed by atoms with van der Waals surface area (Å²) in [6, 6.07) is 0. The molecule has 1 fully saturated rings. The van der Waals surface area contributed by atoms with Gasteiger partial charge in [0.15, 0.2) is 0 Å². The SMILES string of the molecule is CC(C)CC[C@@]1(CC(=O)[O-])CCOC(C)(C)C1. The number of hydrogen-bond acceptors (Lipinski definition) is 3. The van der Waals surface area contributed by atoms with Gasteiger partial charge in [0.25, 0.3) is 0 Å². The normalized spacial score (nSPS) is 28.3. The number of carbonyl (C=O) groups is 1. The largest absolute Gasteiger partial charge is 0.550 e. The van der Waals surface area contributed by atoms with Crippen LogP contribution in [0.4, 0.5) is 0 Å². The zero-order valence-electron chi connectivity index (χ0n) is 11.5. The molecular weight excluding hydrogens is 216 g/mol. The van der Waals surface area contributed by atoms with Gasteiger partial charge in [-0.15, -0.1) is 0 Å². The molecule has 0 unspecified atom stereocenters. The molecule has 0 aliphatic carbocycles. The lowest BCUT2D eigenvalue weighted by Crippen LogP contribution is -2.44. The van der Waals surface area contributed by atoms with Crippen molar-refractivity contribution in [2.75, 3.05) is 6.61 Å². The molecule has 3 nitrogen and oxygen atoms in total. The molecular formula is C14H25O3-. The van der Waals surface area contributed by atoms with Gasteiger partial charge in [0.2, 0.25) is 0 Å². The fourth-order valence-electron chi connectivity index (χ4n) is 2.94. The zero-order valence-corrected chi connectivity index (χ0v) is 11.5. The van der Waals surface area contributed by atoms with Gasteiger partial charge in [-0.05, 0) is 50.9 Å². The number of rotatable bonds is 5. The minimum absolute atomic E-state index is 0.120. The van der Waals surface area contributed by atoms with Crippen molar-refractivity contribution in [2.24, 2.45) is 11.3 Å². The summed E-state index contributed by atoms with van der Waals surface area (Å²) in [5.41, 5.74) is -0.324. The van der Waals surface area contributed by atoms with Crippen molar-refractivity contribution in [1.29, 1.82) is 0 Å². The summed E-state index contributed by atoms with van der Waals surface area (Å²) >= 11 is 0. The highest BCUT2D eigenvalue weighted by Crippen LogP contribution is 2.45. The summed E-state index contributed by atoms with van der Waals surface area (Å²) in [7, 11) is 0. The van der Waals surface area contributed by atoms with Crippen LogP contribution in [0, 0.1) is 11.3 Å². The maximum Gasteiger partial charge on any atom is 0.0631 e. The van der Waals surface area contributed by atoms with Crippen LogP contribution < -0.4 is 5.11 Å². The summed E-state index contributed by atoms with van der Waals surface area (Å²) in [6.07, 6.45) is 3.87. The van der Waals surface area contributed by atoms with Crippen molar-refractivity contribution in [1.82, 2.24) is 0 Å². The van der Waals surface area contributed by atoms with Crippen LogP contribution in [0.3, 0.4) is 0 Å². The standard InChI is InChI=1S/C14H26O3/c1-11(2)5-6-14(9-12(15)16)7-8-17-13(3,4)10-14/h11H,5-10H2,1-4H3,(H,15,16)/p-1/t14-/m0/s1. The van der Waals surface area contributed by atoms with E-state index in [1.807, 2.05) is 13.8 Å². The summed E-state index contributed by atoms with van der Waals surface area (Å²) in [5, 5.41) is 11.0. The van der Waals surface area contributed by atoms with Gasteiger partial charge in [-0.1, -0.05) is 20.3 Å². The van der Waals surface area contributed by atoms with Crippen LogP contribution >= 0.6 is 0 Å². The quantitative estimate of drug-likeness (QED) is 0.741. The molecule has 3 heteroatoms. The highest BCUT2D eigenvalue weighted by Gasteiger charge is 2.40. The Morgan fingerprint density at radius 3 is 2.53 bits per heavy atom. The minimum atomic E-state index is -0.925. The van der Waals surface area contributed by atoms with E-state index in [1.165, 1.54) is 0 Å². The molecule has 17 heavy (non-hydrogen) atoms. The van der Waals surface area contributed by atoms with Crippen LogP contribution in [0.25, 0.3) is 0 Å². The van der Waals surface area contributed by atoms with Crippen LogP contribution in [-0.2, 0) is 9.53 Å². The minimum Gasteiger partial charge on any atom is -0.550 e. The molecule has 0 spiro atoms. The van der Waals surface area contributed by atoms with E-state index in [-0.39, 0.29) is 17.4 Å². The van der Waals surface area contributed by atoms with Crippen molar-refractivity contribution in [2.45, 2.75) is 65.4 Å². The molecule has 1 atom stereocenters. The first-order valence-corrected chi connectivity index (χ1v) is 6.59. The lowest BCUT2D eigenvalue weighted by atomic mass is 9.68. The van der Waals surface area contributed by atoms with Gasteiger partial charge in [-0.25, -0.2) is 0 Å². The van der Waals surface area contributed by atoms with E-state index in [2.05, 4.69) is 13.8 Å². The van der Waals surface area contributed by atoms with Crippen LogP contribution in [-0.4, -0.2) is 18.2 Å². The van der Waals surface area contributed by atoms with Gasteiger partial charge in [-0.3, -0.25) is 0 Å². The maximum absolute atomic E-state index is 11.0. The molecule has 1 aliphatic heterocycles. The number of hydrogen-bond donors (Lipinski definition) is 0. The second-order valence-electron chi connectivity index (χ2n) is 6.52. The van der Waals surface area contributed by atoms with Gasteiger partial charge in [-0.2, -0.15) is 0 Å². The van der Waals surface area contributed by atoms with E-state index < -0.39 is 5.97 Å². The molecule has 0 N–H and O–H groups in total. The van der Waals surface area contributed by atoms with Crippen molar-refractivity contribution in [3.8, 4) is 0 Å². The third-order valence-electron chi connectivity index (χ3n) is 3.70. The zero-order chi connectivity index (χ0) is 13.1. The molecule has 1 aliphatic rings. The smallest absolute Gasteiger partial charge is 0.0631 e. The van der Waals surface area contributed by atoms with Gasteiger partial charge < -0.3 is 14.6 Å². The third-order valence-corrected chi connectivity index (χ3v) is 3.70. The summed E-state index contributed by atoms with van der Waals surface area (Å²) in [6.45, 7) is 9.11. The first-order chi connectivity index (χ1) is 7.75. The van der Waals surface area contributed by atoms with Crippen molar-refractivity contribution in [3.05, 3.63) is 0 Å². The third kappa shape index (κ3) is 4.66. The molecule has 0 aromatic heterocycles. The molecule has 1 rings (SSSR count). The highest BCUT2D eigenvalue weighted by atomic mass is 16.5. The van der Waals surface area contributed by atoms with E-state index in [0.29, 0.717) is 12.5 Å². The molecule has 1 heterocycles. The van der Waals surface area contributed by atoms with E-state index in [9.17, 15) is 9.90 Å². The second kappa shape index (κ2) is 5.38. The molecule has 1 saturated heterocycles. The average molecular weight is 241 g/mol. The molecule has 0 radical (unpaired) electrons. The number of carbonyl (C=O) groups excluding carboxylic acids is 1. The van der Waals surface area contributed by atoms with Crippen molar-refractivity contribution >= 4 is 5.97 Å². The molecule has 0 bridgehead atoms. The molecule has 0 saturated carbocycles. The summed E-state index contributed by atoms with van der Waals surface area (Å²) < 4.78 is 5.70. The Morgan fingerprint density at radius 2 is 2.06 bits per heavy atom. The van der Waals surface area contributed by atoms with Gasteiger partial charge in [0.1, 0.15) is 0 Å². The van der Waals surface area contributed by atoms with E-state index in [0.717, 1.165) is 25.7 Å². The van der Waals surface area contributed by atoms with E-state index in [4.69, 9.17) is 4.74 Å². The fourth-order valence-corrected chi connectivity index (χ4v) is 2.94. The van der Waals surface area contributed by atoms with Gasteiger partial charge >= 0.3 is 0 Å². The maximum atomic E-state index is 11.0. The number of carboxylic acids is 1.